The van der Waals surface area contributed by atoms with E-state index in [4.69, 9.17) is 5.73 Å². The van der Waals surface area contributed by atoms with Gasteiger partial charge in [0.2, 0.25) is 0 Å². The summed E-state index contributed by atoms with van der Waals surface area (Å²) in [6, 6.07) is 10.4. The minimum Gasteiger partial charge on any atom is -0.384 e. The van der Waals surface area contributed by atoms with Crippen LogP contribution in [0.25, 0.3) is 0 Å². The van der Waals surface area contributed by atoms with Gasteiger partial charge < -0.3 is 20.6 Å². The summed E-state index contributed by atoms with van der Waals surface area (Å²) in [5, 5.41) is 10.8. The van der Waals surface area contributed by atoms with Crippen LogP contribution < -0.4 is 5.73 Å². The van der Waals surface area contributed by atoms with Crippen molar-refractivity contribution < 1.29 is 5.11 Å². The zero-order chi connectivity index (χ0) is 15.3. The molecule has 1 aromatic carbocycles. The Morgan fingerprint density at radius 3 is 2.71 bits per heavy atom. The van der Waals surface area contributed by atoms with E-state index in [0.717, 1.165) is 18.7 Å². The molecule has 1 aromatic rings. The van der Waals surface area contributed by atoms with Crippen molar-refractivity contribution in [2.45, 2.75) is 30.9 Å². The molecule has 0 bridgehead atoms. The molecule has 1 aliphatic heterocycles. The molecule has 2 unspecified atom stereocenters. The lowest BCUT2D eigenvalue weighted by Crippen LogP contribution is -2.47. The Morgan fingerprint density at radius 1 is 1.38 bits per heavy atom. The first-order chi connectivity index (χ1) is 10.0. The molecule has 1 aliphatic rings. The number of hydrogen-bond donors (Lipinski definition) is 2. The van der Waals surface area contributed by atoms with Gasteiger partial charge in [0.05, 0.1) is 0 Å². The van der Waals surface area contributed by atoms with Gasteiger partial charge in [-0.3, -0.25) is 0 Å². The highest BCUT2D eigenvalue weighted by molar-refractivity contribution is 5.22. The largest absolute Gasteiger partial charge is 0.384 e. The molecule has 1 heterocycles. The summed E-state index contributed by atoms with van der Waals surface area (Å²) < 4.78 is 0. The van der Waals surface area contributed by atoms with Crippen molar-refractivity contribution in [2.24, 2.45) is 5.73 Å². The fourth-order valence-electron chi connectivity index (χ4n) is 3.16. The van der Waals surface area contributed by atoms with E-state index in [9.17, 15) is 5.11 Å². The molecule has 2 rings (SSSR count). The Kier molecular flexibility index (Phi) is 5.76. The fraction of sp³-hybridized carbons (Fsp3) is 0.647. The molecule has 118 valence electrons. The number of benzene rings is 1. The Labute approximate surface area is 128 Å². The van der Waals surface area contributed by atoms with Crippen molar-refractivity contribution >= 4 is 0 Å². The molecule has 21 heavy (non-hydrogen) atoms. The van der Waals surface area contributed by atoms with Crippen molar-refractivity contribution in [3.8, 4) is 0 Å². The molecule has 0 spiro atoms. The first-order valence-electron chi connectivity index (χ1n) is 7.92. The van der Waals surface area contributed by atoms with E-state index in [0.29, 0.717) is 12.5 Å². The first kappa shape index (κ1) is 16.4. The van der Waals surface area contributed by atoms with Crippen LogP contribution >= 0.6 is 0 Å². The number of aliphatic hydroxyl groups is 1. The third kappa shape index (κ3) is 4.27. The predicted molar refractivity (Wildman–Crippen MR) is 87.2 cm³/mol. The summed E-state index contributed by atoms with van der Waals surface area (Å²) >= 11 is 0. The number of likely N-dealkylation sites (tertiary alicyclic amines) is 1. The SMILES string of the molecule is CN1CCCC(N(C)CCC(O)(CN)c2ccccc2)C1. The predicted octanol–water partition coefficient (Wildman–Crippen LogP) is 1.25. The number of nitrogens with two attached hydrogens (primary N) is 1. The van der Waals surface area contributed by atoms with Gasteiger partial charge in [-0.25, -0.2) is 0 Å². The summed E-state index contributed by atoms with van der Waals surface area (Å²) in [5.41, 5.74) is 5.85. The van der Waals surface area contributed by atoms with Crippen molar-refractivity contribution in [1.29, 1.82) is 0 Å². The van der Waals surface area contributed by atoms with E-state index in [-0.39, 0.29) is 6.54 Å². The minimum atomic E-state index is -0.921. The van der Waals surface area contributed by atoms with E-state index < -0.39 is 5.60 Å². The summed E-state index contributed by atoms with van der Waals surface area (Å²) in [4.78, 5) is 4.76. The van der Waals surface area contributed by atoms with Crippen LogP contribution in [0.15, 0.2) is 30.3 Å². The van der Waals surface area contributed by atoms with Gasteiger partial charge in [-0.2, -0.15) is 0 Å². The van der Waals surface area contributed by atoms with Crippen LogP contribution in [0.3, 0.4) is 0 Å². The maximum absolute atomic E-state index is 10.8. The van der Waals surface area contributed by atoms with E-state index in [1.165, 1.54) is 19.4 Å². The van der Waals surface area contributed by atoms with Crippen LogP contribution in [0.4, 0.5) is 0 Å². The third-order valence-corrected chi connectivity index (χ3v) is 4.75. The van der Waals surface area contributed by atoms with E-state index >= 15 is 0 Å². The average molecular weight is 291 g/mol. The molecule has 1 fully saturated rings. The Balaban J connectivity index is 1.93. The highest BCUT2D eigenvalue weighted by Gasteiger charge is 2.29. The molecule has 0 aromatic heterocycles. The van der Waals surface area contributed by atoms with Crippen molar-refractivity contribution in [1.82, 2.24) is 9.80 Å². The second-order valence-electron chi connectivity index (χ2n) is 6.39. The van der Waals surface area contributed by atoms with Crippen LogP contribution in [-0.2, 0) is 5.60 Å². The smallest absolute Gasteiger partial charge is 0.103 e. The van der Waals surface area contributed by atoms with Crippen molar-refractivity contribution in [2.75, 3.05) is 40.3 Å². The number of likely N-dealkylation sites (N-methyl/N-ethyl adjacent to an activating group) is 2. The monoisotopic (exact) mass is 291 g/mol. The Hall–Kier alpha value is -0.940. The fourth-order valence-corrected chi connectivity index (χ4v) is 3.16. The van der Waals surface area contributed by atoms with E-state index in [2.05, 4.69) is 23.9 Å². The van der Waals surface area contributed by atoms with Gasteiger partial charge in [0.1, 0.15) is 5.60 Å². The van der Waals surface area contributed by atoms with Crippen molar-refractivity contribution in [3.63, 3.8) is 0 Å². The number of rotatable bonds is 6. The molecule has 4 heteroatoms. The standard InChI is InChI=1S/C17H29N3O/c1-19-11-6-9-16(13-19)20(2)12-10-17(21,14-18)15-7-4-3-5-8-15/h3-5,7-8,16,21H,6,9-14,18H2,1-2H3. The minimum absolute atomic E-state index is 0.259. The second kappa shape index (κ2) is 7.36. The van der Waals surface area contributed by atoms with Crippen molar-refractivity contribution in [3.05, 3.63) is 35.9 Å². The molecule has 0 aliphatic carbocycles. The van der Waals surface area contributed by atoms with E-state index in [1.54, 1.807) is 0 Å². The Morgan fingerprint density at radius 2 is 2.10 bits per heavy atom. The summed E-state index contributed by atoms with van der Waals surface area (Å²) in [6.07, 6.45) is 3.17. The zero-order valence-electron chi connectivity index (χ0n) is 13.3. The van der Waals surface area contributed by atoms with Gasteiger partial charge in [-0.1, -0.05) is 30.3 Å². The van der Waals surface area contributed by atoms with Crippen LogP contribution in [0.5, 0.6) is 0 Å². The summed E-state index contributed by atoms with van der Waals surface area (Å²) in [7, 11) is 4.34. The maximum atomic E-state index is 10.8. The molecule has 0 radical (unpaired) electrons. The highest BCUT2D eigenvalue weighted by Crippen LogP contribution is 2.25. The first-order valence-corrected chi connectivity index (χ1v) is 7.92. The van der Waals surface area contributed by atoms with Gasteiger partial charge in [0.15, 0.2) is 0 Å². The molecule has 3 N–H and O–H groups in total. The number of nitrogens with zero attached hydrogens (tertiary/aromatic N) is 2. The molecule has 0 saturated carbocycles. The van der Waals surface area contributed by atoms with Gasteiger partial charge in [-0.05, 0) is 45.5 Å². The quantitative estimate of drug-likeness (QED) is 0.828. The highest BCUT2D eigenvalue weighted by atomic mass is 16.3. The zero-order valence-corrected chi connectivity index (χ0v) is 13.3. The maximum Gasteiger partial charge on any atom is 0.103 e. The topological polar surface area (TPSA) is 52.7 Å². The van der Waals surface area contributed by atoms with Gasteiger partial charge in [0.25, 0.3) is 0 Å². The van der Waals surface area contributed by atoms with Gasteiger partial charge in [-0.15, -0.1) is 0 Å². The van der Waals surface area contributed by atoms with Gasteiger partial charge >= 0.3 is 0 Å². The average Bonchev–Trinajstić information content (AvgIpc) is 2.53. The molecular weight excluding hydrogens is 262 g/mol. The Bertz CT molecular complexity index is 425. The van der Waals surface area contributed by atoms with E-state index in [1.807, 2.05) is 30.3 Å². The molecule has 0 amide bonds. The summed E-state index contributed by atoms with van der Waals surface area (Å²) in [5.74, 6) is 0. The van der Waals surface area contributed by atoms with Crippen LogP contribution in [-0.4, -0.2) is 61.2 Å². The normalized spacial score (nSPS) is 23.2. The molecule has 1 saturated heterocycles. The number of piperidine rings is 1. The molecule has 2 atom stereocenters. The lowest BCUT2D eigenvalue weighted by molar-refractivity contribution is 0.0198. The molecule has 4 nitrogen and oxygen atoms in total. The summed E-state index contributed by atoms with van der Waals surface area (Å²) in [6.45, 7) is 3.43. The van der Waals surface area contributed by atoms with Crippen LogP contribution in [0.2, 0.25) is 0 Å². The van der Waals surface area contributed by atoms with Crippen LogP contribution in [0.1, 0.15) is 24.8 Å². The molecular formula is C17H29N3O. The number of hydrogen-bond acceptors (Lipinski definition) is 4. The lowest BCUT2D eigenvalue weighted by atomic mass is 9.90. The lowest BCUT2D eigenvalue weighted by Gasteiger charge is -2.37. The second-order valence-corrected chi connectivity index (χ2v) is 6.39. The van der Waals surface area contributed by atoms with Gasteiger partial charge in [0, 0.05) is 25.7 Å². The third-order valence-electron chi connectivity index (χ3n) is 4.75. The van der Waals surface area contributed by atoms with Crippen LogP contribution in [0, 0.1) is 0 Å².